The number of fused-ring (bicyclic) bond motifs is 1. The number of carboxylic acid groups (broad SMARTS) is 1. The smallest absolute Gasteiger partial charge is 0.303 e. The highest BCUT2D eigenvalue weighted by Gasteiger charge is 2.12. The minimum Gasteiger partial charge on any atom is -0.493 e. The average molecular weight is 394 g/mol. The van der Waals surface area contributed by atoms with E-state index in [1.165, 1.54) is 18.4 Å². The normalized spacial score (nSPS) is 11.2. The molecule has 2 aromatic carbocycles. The van der Waals surface area contributed by atoms with Crippen LogP contribution in [0.25, 0.3) is 21.9 Å². The zero-order valence-corrected chi connectivity index (χ0v) is 16.0. The molecule has 1 heterocycles. The van der Waals surface area contributed by atoms with Crippen LogP contribution in [0.2, 0.25) is 0 Å². The van der Waals surface area contributed by atoms with E-state index in [4.69, 9.17) is 19.8 Å². The first-order valence-corrected chi connectivity index (χ1v) is 9.38. The van der Waals surface area contributed by atoms with Crippen molar-refractivity contribution >= 4 is 39.2 Å². The number of nitriles is 1. The molecule has 0 unspecified atom stereocenters. The highest BCUT2D eigenvalue weighted by atomic mass is 32.1. The first kappa shape index (κ1) is 19.4. The van der Waals surface area contributed by atoms with E-state index < -0.39 is 5.97 Å². The third kappa shape index (κ3) is 4.67. The minimum absolute atomic E-state index is 0.0161. The number of benzene rings is 2. The van der Waals surface area contributed by atoms with Gasteiger partial charge in [-0.05, 0) is 47.9 Å². The Morgan fingerprint density at radius 1 is 1.25 bits per heavy atom. The topological polar surface area (TPSA) is 92.4 Å². The van der Waals surface area contributed by atoms with Crippen LogP contribution in [-0.2, 0) is 4.79 Å². The fourth-order valence-corrected chi connectivity index (χ4v) is 3.71. The Kier molecular flexibility index (Phi) is 6.25. The molecule has 0 aliphatic carbocycles. The zero-order chi connectivity index (χ0) is 19.9. The van der Waals surface area contributed by atoms with Gasteiger partial charge in [-0.25, -0.2) is 4.98 Å². The van der Waals surface area contributed by atoms with Gasteiger partial charge < -0.3 is 14.6 Å². The molecule has 0 atom stereocenters. The Morgan fingerprint density at radius 2 is 2.07 bits per heavy atom. The summed E-state index contributed by atoms with van der Waals surface area (Å²) in [5, 5.41) is 18.6. The molecule has 0 amide bonds. The molecule has 6 nitrogen and oxygen atoms in total. The highest BCUT2D eigenvalue weighted by molar-refractivity contribution is 7.19. The lowest BCUT2D eigenvalue weighted by molar-refractivity contribution is -0.136. The molecule has 0 spiro atoms. The second-order valence-electron chi connectivity index (χ2n) is 5.91. The third-order valence-electron chi connectivity index (χ3n) is 4.00. The quantitative estimate of drug-likeness (QED) is 0.600. The van der Waals surface area contributed by atoms with Crippen LogP contribution >= 0.6 is 11.3 Å². The van der Waals surface area contributed by atoms with Gasteiger partial charge in [0, 0.05) is 6.42 Å². The van der Waals surface area contributed by atoms with Gasteiger partial charge in [0.05, 0.1) is 17.3 Å². The predicted molar refractivity (Wildman–Crippen MR) is 108 cm³/mol. The Labute approximate surface area is 166 Å². The summed E-state index contributed by atoms with van der Waals surface area (Å²) in [6.07, 6.45) is 2.30. The zero-order valence-electron chi connectivity index (χ0n) is 15.2. The molecule has 3 aromatic rings. The summed E-state index contributed by atoms with van der Waals surface area (Å²) in [5.41, 5.74) is 2.57. The van der Waals surface area contributed by atoms with Gasteiger partial charge in [-0.3, -0.25) is 4.79 Å². The highest BCUT2D eigenvalue weighted by Crippen LogP contribution is 2.33. The van der Waals surface area contributed by atoms with Crippen LogP contribution in [-0.4, -0.2) is 29.8 Å². The maximum atomic E-state index is 11.1. The summed E-state index contributed by atoms with van der Waals surface area (Å²) in [7, 11) is 1.53. The maximum absolute atomic E-state index is 11.1. The first-order chi connectivity index (χ1) is 13.6. The fraction of sp³-hybridized carbons (Fsp3) is 0.190. The molecule has 1 aromatic heterocycles. The summed E-state index contributed by atoms with van der Waals surface area (Å²) >= 11 is 1.54. The second kappa shape index (κ2) is 9.02. The maximum Gasteiger partial charge on any atom is 0.303 e. The summed E-state index contributed by atoms with van der Waals surface area (Å²) in [6, 6.07) is 15.1. The number of hydrogen-bond donors (Lipinski definition) is 1. The monoisotopic (exact) mass is 394 g/mol. The molecule has 1 N–H and O–H groups in total. The van der Waals surface area contributed by atoms with E-state index in [1.54, 1.807) is 12.1 Å². The number of aromatic nitrogens is 1. The van der Waals surface area contributed by atoms with Crippen molar-refractivity contribution in [3.63, 3.8) is 0 Å². The molecule has 0 fully saturated rings. The van der Waals surface area contributed by atoms with Crippen LogP contribution in [0.1, 0.15) is 23.4 Å². The molecular formula is C21H18N2O4S. The van der Waals surface area contributed by atoms with Crippen molar-refractivity contribution in [3.05, 3.63) is 53.0 Å². The Morgan fingerprint density at radius 3 is 2.79 bits per heavy atom. The van der Waals surface area contributed by atoms with Crippen LogP contribution in [0.15, 0.2) is 42.5 Å². The van der Waals surface area contributed by atoms with Crippen molar-refractivity contribution in [2.24, 2.45) is 0 Å². The van der Waals surface area contributed by atoms with Crippen molar-refractivity contribution in [3.8, 4) is 17.6 Å². The fourth-order valence-electron chi connectivity index (χ4n) is 2.70. The second-order valence-corrected chi connectivity index (χ2v) is 6.94. The van der Waals surface area contributed by atoms with E-state index in [9.17, 15) is 4.79 Å². The van der Waals surface area contributed by atoms with E-state index in [0.717, 1.165) is 26.4 Å². The number of methoxy groups -OCH3 is 1. The lowest BCUT2D eigenvalue weighted by atomic mass is 10.1. The molecule has 0 aliphatic rings. The molecule has 0 bridgehead atoms. The summed E-state index contributed by atoms with van der Waals surface area (Å²) in [4.78, 5) is 15.8. The van der Waals surface area contributed by atoms with Gasteiger partial charge in [-0.1, -0.05) is 18.2 Å². The van der Waals surface area contributed by atoms with Crippen LogP contribution < -0.4 is 9.47 Å². The van der Waals surface area contributed by atoms with Crippen molar-refractivity contribution < 1.29 is 19.4 Å². The van der Waals surface area contributed by atoms with Gasteiger partial charge in [0.25, 0.3) is 0 Å². The van der Waals surface area contributed by atoms with Gasteiger partial charge in [0.2, 0.25) is 0 Å². The van der Waals surface area contributed by atoms with E-state index in [2.05, 4.69) is 4.98 Å². The average Bonchev–Trinajstić information content (AvgIpc) is 3.13. The number of ether oxygens (including phenoxy) is 2. The molecule has 28 heavy (non-hydrogen) atoms. The van der Waals surface area contributed by atoms with Crippen LogP contribution in [0.5, 0.6) is 11.5 Å². The number of aliphatic carboxylic acids is 1. The summed E-state index contributed by atoms with van der Waals surface area (Å²) in [5.74, 6) is 0.129. The van der Waals surface area contributed by atoms with Gasteiger partial charge in [0.1, 0.15) is 11.1 Å². The van der Waals surface area contributed by atoms with Gasteiger partial charge in [0.15, 0.2) is 18.1 Å². The molecule has 0 aliphatic heterocycles. The number of para-hydroxylation sites is 1. The number of allylic oxidation sites excluding steroid dienone is 1. The van der Waals surface area contributed by atoms with Gasteiger partial charge in [-0.15, -0.1) is 11.3 Å². The number of carbonyl (C=O) groups is 1. The van der Waals surface area contributed by atoms with E-state index in [0.29, 0.717) is 17.9 Å². The predicted octanol–water partition coefficient (Wildman–Crippen LogP) is 4.61. The number of carboxylic acids is 1. The number of rotatable bonds is 8. The van der Waals surface area contributed by atoms with Gasteiger partial charge >= 0.3 is 5.97 Å². The first-order valence-electron chi connectivity index (χ1n) is 8.57. The van der Waals surface area contributed by atoms with E-state index >= 15 is 0 Å². The van der Waals surface area contributed by atoms with Crippen LogP contribution in [0.4, 0.5) is 0 Å². The molecular weight excluding hydrogens is 376 g/mol. The molecule has 142 valence electrons. The standard InChI is InChI=1S/C21H18N2O4S/c1-26-18-13-14(6-8-17(18)27-11-10-22)12-15(7-9-20(24)25)21-23-16-4-2-3-5-19(16)28-21/h2-6,8,12-13H,7,9,11H2,1H3,(H,24,25)/b15-12-. The SMILES string of the molecule is COc1cc(/C=C(/CCC(=O)O)c2nc3ccccc3s2)ccc1OCC#N. The number of thiazole rings is 1. The Bertz CT molecular complexity index is 1030. The van der Waals surface area contributed by atoms with Crippen molar-refractivity contribution in [1.29, 1.82) is 5.26 Å². The summed E-state index contributed by atoms with van der Waals surface area (Å²) < 4.78 is 11.7. The molecule has 0 radical (unpaired) electrons. The van der Waals surface area contributed by atoms with Crippen molar-refractivity contribution in [2.75, 3.05) is 13.7 Å². The minimum atomic E-state index is -0.857. The number of nitrogens with zero attached hydrogens (tertiary/aromatic N) is 2. The van der Waals surface area contributed by atoms with Crippen LogP contribution in [0.3, 0.4) is 0 Å². The number of hydrogen-bond acceptors (Lipinski definition) is 6. The molecule has 7 heteroatoms. The summed E-state index contributed by atoms with van der Waals surface area (Å²) in [6.45, 7) is -0.0683. The van der Waals surface area contributed by atoms with Crippen LogP contribution in [0, 0.1) is 11.3 Å². The third-order valence-corrected chi connectivity index (χ3v) is 5.11. The lowest BCUT2D eigenvalue weighted by Crippen LogP contribution is -1.97. The van der Waals surface area contributed by atoms with Gasteiger partial charge in [-0.2, -0.15) is 5.26 Å². The van der Waals surface area contributed by atoms with E-state index in [-0.39, 0.29) is 13.0 Å². The lowest BCUT2D eigenvalue weighted by Gasteiger charge is -2.10. The molecule has 0 saturated carbocycles. The Hall–Kier alpha value is -3.37. The molecule has 0 saturated heterocycles. The van der Waals surface area contributed by atoms with E-state index in [1.807, 2.05) is 42.5 Å². The Balaban J connectivity index is 1.98. The largest absolute Gasteiger partial charge is 0.493 e. The molecule has 3 rings (SSSR count). The van der Waals surface area contributed by atoms with Crippen molar-refractivity contribution in [2.45, 2.75) is 12.8 Å². The van der Waals surface area contributed by atoms with Crippen molar-refractivity contribution in [1.82, 2.24) is 4.98 Å².